The third-order valence-corrected chi connectivity index (χ3v) is 4.23. The number of hydrogen-bond acceptors (Lipinski definition) is 3. The van der Waals surface area contributed by atoms with Crippen LogP contribution >= 0.6 is 22.6 Å². The van der Waals surface area contributed by atoms with E-state index < -0.39 is 11.7 Å². The Hall–Kier alpha value is -1.31. The summed E-state index contributed by atoms with van der Waals surface area (Å²) in [6.07, 6.45) is 1.62. The first kappa shape index (κ1) is 17.1. The Balaban J connectivity index is 1.94. The number of anilines is 1. The number of carbonyl (C=O) groups is 2. The average Bonchev–Trinajstić information content (AvgIpc) is 2.37. The van der Waals surface area contributed by atoms with Gasteiger partial charge in [0.15, 0.2) is 0 Å². The fourth-order valence-electron chi connectivity index (χ4n) is 2.25. The summed E-state index contributed by atoms with van der Waals surface area (Å²) in [5, 5.41) is 5.66. The first-order chi connectivity index (χ1) is 10.2. The Kier molecular flexibility index (Phi) is 5.31. The predicted molar refractivity (Wildman–Crippen MR) is 94.1 cm³/mol. The number of halogens is 1. The minimum absolute atomic E-state index is 0.0616. The van der Waals surface area contributed by atoms with Crippen LogP contribution in [-0.2, 0) is 22.4 Å². The molecule has 1 aromatic rings. The third-order valence-electron chi connectivity index (χ3n) is 3.23. The van der Waals surface area contributed by atoms with E-state index in [2.05, 4.69) is 39.3 Å². The molecule has 2 amide bonds. The van der Waals surface area contributed by atoms with Crippen molar-refractivity contribution in [1.29, 1.82) is 0 Å². The zero-order chi connectivity index (χ0) is 16.3. The van der Waals surface area contributed by atoms with Gasteiger partial charge in [-0.05, 0) is 79.5 Å². The van der Waals surface area contributed by atoms with E-state index in [1.165, 1.54) is 5.56 Å². The number of carbonyl (C=O) groups excluding carboxylic acids is 2. The van der Waals surface area contributed by atoms with E-state index >= 15 is 0 Å². The highest BCUT2D eigenvalue weighted by molar-refractivity contribution is 14.1. The largest absolute Gasteiger partial charge is 0.444 e. The lowest BCUT2D eigenvalue weighted by molar-refractivity contribution is -0.116. The van der Waals surface area contributed by atoms with Crippen LogP contribution in [0.3, 0.4) is 0 Å². The highest BCUT2D eigenvalue weighted by atomic mass is 127. The van der Waals surface area contributed by atoms with Crippen LogP contribution in [0.15, 0.2) is 12.1 Å². The smallest absolute Gasteiger partial charge is 0.407 e. The number of alkyl carbamates (subject to hydrolysis) is 1. The molecule has 0 atom stereocenters. The Bertz CT molecular complexity index is 594. The Labute approximate surface area is 144 Å². The molecule has 0 saturated carbocycles. The van der Waals surface area contributed by atoms with Gasteiger partial charge in [0.05, 0.1) is 0 Å². The fraction of sp³-hybridized carbons (Fsp3) is 0.500. The monoisotopic (exact) mass is 416 g/mol. The van der Waals surface area contributed by atoms with Crippen LogP contribution < -0.4 is 10.6 Å². The lowest BCUT2D eigenvalue weighted by Crippen LogP contribution is -2.33. The van der Waals surface area contributed by atoms with Gasteiger partial charge in [0.25, 0.3) is 0 Å². The van der Waals surface area contributed by atoms with Crippen LogP contribution in [0.25, 0.3) is 0 Å². The molecule has 120 valence electrons. The van der Waals surface area contributed by atoms with Gasteiger partial charge in [-0.3, -0.25) is 4.79 Å². The number of fused-ring (bicyclic) bond motifs is 1. The van der Waals surface area contributed by atoms with E-state index in [1.807, 2.05) is 26.8 Å². The minimum atomic E-state index is -0.491. The molecule has 0 radical (unpaired) electrons. The maximum atomic E-state index is 11.6. The number of hydrogen-bond donors (Lipinski definition) is 2. The van der Waals surface area contributed by atoms with E-state index in [9.17, 15) is 9.59 Å². The normalized spacial score (nSPS) is 14.1. The van der Waals surface area contributed by atoms with E-state index in [0.29, 0.717) is 19.4 Å². The van der Waals surface area contributed by atoms with Crippen molar-refractivity contribution in [3.63, 3.8) is 0 Å². The molecule has 0 unspecified atom stereocenters. The first-order valence-electron chi connectivity index (χ1n) is 7.32. The van der Waals surface area contributed by atoms with Crippen LogP contribution in [0.4, 0.5) is 10.5 Å². The number of amides is 2. The molecule has 0 saturated heterocycles. The van der Waals surface area contributed by atoms with Gasteiger partial charge < -0.3 is 15.4 Å². The quantitative estimate of drug-likeness (QED) is 0.744. The summed E-state index contributed by atoms with van der Waals surface area (Å²) in [6.45, 7) is 6.00. The standard InChI is InChI=1S/C16H21IN2O3/c1-16(2,3)22-15(21)18-7-6-10-9-13-11(8-12(10)17)4-5-14(20)19-13/h8-9H,4-7H2,1-3H3,(H,18,21)(H,19,20). The van der Waals surface area contributed by atoms with Crippen molar-refractivity contribution in [3.8, 4) is 0 Å². The second-order valence-electron chi connectivity index (χ2n) is 6.33. The second-order valence-corrected chi connectivity index (χ2v) is 7.49. The van der Waals surface area contributed by atoms with Gasteiger partial charge in [-0.25, -0.2) is 4.79 Å². The Morgan fingerprint density at radius 3 is 2.77 bits per heavy atom. The van der Waals surface area contributed by atoms with E-state index in [1.54, 1.807) is 0 Å². The van der Waals surface area contributed by atoms with Crippen LogP contribution in [-0.4, -0.2) is 24.1 Å². The van der Waals surface area contributed by atoms with E-state index in [0.717, 1.165) is 21.2 Å². The number of benzene rings is 1. The Morgan fingerprint density at radius 1 is 1.36 bits per heavy atom. The molecular weight excluding hydrogens is 395 g/mol. The maximum Gasteiger partial charge on any atom is 0.407 e. The second kappa shape index (κ2) is 6.85. The van der Waals surface area contributed by atoms with Crippen LogP contribution in [0.1, 0.15) is 38.3 Å². The van der Waals surface area contributed by atoms with Crippen molar-refractivity contribution in [2.75, 3.05) is 11.9 Å². The number of nitrogens with one attached hydrogen (secondary N) is 2. The molecule has 2 N–H and O–H groups in total. The Morgan fingerprint density at radius 2 is 2.09 bits per heavy atom. The molecule has 2 rings (SSSR count). The molecule has 0 aromatic heterocycles. The van der Waals surface area contributed by atoms with Gasteiger partial charge in [-0.2, -0.15) is 0 Å². The molecule has 0 aliphatic carbocycles. The summed E-state index contributed by atoms with van der Waals surface area (Å²) in [5.74, 6) is 0.0616. The van der Waals surface area contributed by atoms with E-state index in [-0.39, 0.29) is 5.91 Å². The van der Waals surface area contributed by atoms with Crippen molar-refractivity contribution < 1.29 is 14.3 Å². The summed E-state index contributed by atoms with van der Waals surface area (Å²) in [5.41, 5.74) is 2.68. The summed E-state index contributed by atoms with van der Waals surface area (Å²) in [4.78, 5) is 23.1. The van der Waals surface area contributed by atoms with E-state index in [4.69, 9.17) is 4.74 Å². The molecule has 1 heterocycles. The lowest BCUT2D eigenvalue weighted by atomic mass is 10.00. The van der Waals surface area contributed by atoms with Crippen molar-refractivity contribution >= 4 is 40.3 Å². The molecule has 5 nitrogen and oxygen atoms in total. The zero-order valence-corrected chi connectivity index (χ0v) is 15.2. The molecule has 6 heteroatoms. The highest BCUT2D eigenvalue weighted by Gasteiger charge is 2.18. The first-order valence-corrected chi connectivity index (χ1v) is 8.40. The van der Waals surface area contributed by atoms with Gasteiger partial charge in [0.2, 0.25) is 5.91 Å². The van der Waals surface area contributed by atoms with Gasteiger partial charge in [-0.15, -0.1) is 0 Å². The van der Waals surface area contributed by atoms with Crippen molar-refractivity contribution in [1.82, 2.24) is 5.32 Å². The van der Waals surface area contributed by atoms with Gasteiger partial charge in [-0.1, -0.05) is 0 Å². The van der Waals surface area contributed by atoms with Crippen LogP contribution in [0, 0.1) is 3.57 Å². The lowest BCUT2D eigenvalue weighted by Gasteiger charge is -2.20. The molecular formula is C16H21IN2O3. The molecule has 0 spiro atoms. The number of aryl methyl sites for hydroxylation is 1. The minimum Gasteiger partial charge on any atom is -0.444 e. The summed E-state index contributed by atoms with van der Waals surface area (Å²) < 4.78 is 6.35. The van der Waals surface area contributed by atoms with Gasteiger partial charge >= 0.3 is 6.09 Å². The topological polar surface area (TPSA) is 67.4 Å². The molecule has 1 aliphatic heterocycles. The average molecular weight is 416 g/mol. The van der Waals surface area contributed by atoms with Crippen molar-refractivity contribution in [3.05, 3.63) is 26.8 Å². The van der Waals surface area contributed by atoms with Crippen LogP contribution in [0.5, 0.6) is 0 Å². The third kappa shape index (κ3) is 4.86. The summed E-state index contributed by atoms with van der Waals surface area (Å²) >= 11 is 2.29. The van der Waals surface area contributed by atoms with Gasteiger partial charge in [0, 0.05) is 22.2 Å². The van der Waals surface area contributed by atoms with Crippen molar-refractivity contribution in [2.45, 2.75) is 45.6 Å². The molecule has 22 heavy (non-hydrogen) atoms. The van der Waals surface area contributed by atoms with Crippen molar-refractivity contribution in [2.24, 2.45) is 0 Å². The molecule has 1 aromatic carbocycles. The SMILES string of the molecule is CC(C)(C)OC(=O)NCCc1cc2c(cc1I)CCC(=O)N2. The maximum absolute atomic E-state index is 11.6. The fourth-order valence-corrected chi connectivity index (χ4v) is 3.05. The molecule has 1 aliphatic rings. The number of ether oxygens (including phenoxy) is 1. The zero-order valence-electron chi connectivity index (χ0n) is 13.1. The number of rotatable bonds is 3. The molecule has 0 fully saturated rings. The molecule has 0 bridgehead atoms. The van der Waals surface area contributed by atoms with Gasteiger partial charge in [0.1, 0.15) is 5.60 Å². The van der Waals surface area contributed by atoms with Crippen LogP contribution in [0.2, 0.25) is 0 Å². The highest BCUT2D eigenvalue weighted by Crippen LogP contribution is 2.27. The summed E-state index contributed by atoms with van der Waals surface area (Å²) in [7, 11) is 0. The summed E-state index contributed by atoms with van der Waals surface area (Å²) in [6, 6.07) is 4.11. The predicted octanol–water partition coefficient (Wildman–Crippen LogP) is 3.24.